The standard InChI is InChI=1S/C25H32O6/c1-14(7-8-19-22(29)11-15(2)20(13-26)24(19)30)9-10-25(6)16(3)21(28)12-23(17(25)4)31-18(5)27/h7,9-11,13,16-17,23,29-30H,8,12H2,1-6H3. The summed E-state index contributed by atoms with van der Waals surface area (Å²) in [5, 5.41) is 20.5. The molecule has 0 aromatic heterocycles. The zero-order valence-electron chi connectivity index (χ0n) is 19.1. The Morgan fingerprint density at radius 3 is 2.52 bits per heavy atom. The number of aromatic hydroxyl groups is 2. The minimum atomic E-state index is -0.497. The number of aryl methyl sites for hydroxylation is 1. The van der Waals surface area contributed by atoms with Gasteiger partial charge < -0.3 is 14.9 Å². The third-order valence-electron chi connectivity index (χ3n) is 6.75. The lowest BCUT2D eigenvalue weighted by Crippen LogP contribution is -2.48. The average Bonchev–Trinajstić information content (AvgIpc) is 2.68. The number of benzene rings is 1. The molecule has 1 aliphatic carbocycles. The van der Waals surface area contributed by atoms with Crippen LogP contribution >= 0.6 is 0 Å². The van der Waals surface area contributed by atoms with Crippen molar-refractivity contribution < 1.29 is 29.3 Å². The highest BCUT2D eigenvalue weighted by Crippen LogP contribution is 2.46. The summed E-state index contributed by atoms with van der Waals surface area (Å²) in [4.78, 5) is 35.2. The van der Waals surface area contributed by atoms with Crippen LogP contribution in [0.1, 0.15) is 62.5 Å². The smallest absolute Gasteiger partial charge is 0.302 e. The van der Waals surface area contributed by atoms with Crippen LogP contribution in [0.4, 0.5) is 0 Å². The summed E-state index contributed by atoms with van der Waals surface area (Å²) in [5.41, 5.74) is 1.34. The van der Waals surface area contributed by atoms with Gasteiger partial charge >= 0.3 is 5.97 Å². The van der Waals surface area contributed by atoms with Crippen LogP contribution in [0.3, 0.4) is 0 Å². The molecule has 2 N–H and O–H groups in total. The fourth-order valence-corrected chi connectivity index (χ4v) is 4.18. The van der Waals surface area contributed by atoms with Gasteiger partial charge in [0.25, 0.3) is 0 Å². The minimum absolute atomic E-state index is 0.0477. The van der Waals surface area contributed by atoms with E-state index in [4.69, 9.17) is 4.74 Å². The van der Waals surface area contributed by atoms with Gasteiger partial charge in [-0.15, -0.1) is 0 Å². The summed E-state index contributed by atoms with van der Waals surface area (Å²) >= 11 is 0. The maximum atomic E-state index is 12.5. The third kappa shape index (κ3) is 5.06. The van der Waals surface area contributed by atoms with Crippen LogP contribution in [0, 0.1) is 24.2 Å². The lowest BCUT2D eigenvalue weighted by atomic mass is 9.60. The van der Waals surface area contributed by atoms with E-state index >= 15 is 0 Å². The molecule has 0 heterocycles. The molecule has 0 amide bonds. The van der Waals surface area contributed by atoms with E-state index in [1.807, 2.05) is 45.9 Å². The van der Waals surface area contributed by atoms with Gasteiger partial charge in [-0.25, -0.2) is 0 Å². The molecule has 0 radical (unpaired) electrons. The van der Waals surface area contributed by atoms with Crippen LogP contribution in [-0.4, -0.2) is 34.4 Å². The Morgan fingerprint density at radius 1 is 1.29 bits per heavy atom. The first kappa shape index (κ1) is 24.4. The molecule has 6 heteroatoms. The highest BCUT2D eigenvalue weighted by atomic mass is 16.5. The molecule has 168 valence electrons. The Hall–Kier alpha value is -2.89. The molecule has 0 aliphatic heterocycles. The lowest BCUT2D eigenvalue weighted by Gasteiger charge is -2.45. The Labute approximate surface area is 183 Å². The van der Waals surface area contributed by atoms with Gasteiger partial charge in [0.05, 0.1) is 5.56 Å². The lowest BCUT2D eigenvalue weighted by molar-refractivity contribution is -0.159. The van der Waals surface area contributed by atoms with Crippen LogP contribution in [-0.2, 0) is 20.7 Å². The van der Waals surface area contributed by atoms with E-state index in [1.165, 1.54) is 13.0 Å². The van der Waals surface area contributed by atoms with Crippen molar-refractivity contribution in [2.45, 2.75) is 60.5 Å². The van der Waals surface area contributed by atoms with Crippen molar-refractivity contribution in [3.63, 3.8) is 0 Å². The van der Waals surface area contributed by atoms with Gasteiger partial charge in [0, 0.05) is 36.2 Å². The number of esters is 1. The number of hydrogen-bond acceptors (Lipinski definition) is 6. The van der Waals surface area contributed by atoms with Crippen molar-refractivity contribution in [3.05, 3.63) is 46.6 Å². The van der Waals surface area contributed by atoms with Crippen molar-refractivity contribution in [3.8, 4) is 11.5 Å². The van der Waals surface area contributed by atoms with Crippen LogP contribution in [0.5, 0.6) is 11.5 Å². The molecular weight excluding hydrogens is 396 g/mol. The predicted molar refractivity (Wildman–Crippen MR) is 118 cm³/mol. The summed E-state index contributed by atoms with van der Waals surface area (Å²) < 4.78 is 5.40. The number of hydrogen-bond donors (Lipinski definition) is 2. The topological polar surface area (TPSA) is 101 Å². The molecule has 2 rings (SSSR count). The summed E-state index contributed by atoms with van der Waals surface area (Å²) in [7, 11) is 0. The molecule has 0 bridgehead atoms. The van der Waals surface area contributed by atoms with Crippen molar-refractivity contribution in [1.29, 1.82) is 0 Å². The number of carbonyl (C=O) groups excluding carboxylic acids is 3. The van der Waals surface area contributed by atoms with Crippen LogP contribution < -0.4 is 0 Å². The van der Waals surface area contributed by atoms with Gasteiger partial charge in [0.1, 0.15) is 23.4 Å². The van der Waals surface area contributed by atoms with Gasteiger partial charge in [-0.1, -0.05) is 44.6 Å². The SMILES string of the molecule is CC(=O)OC1CC(=O)C(C)C(C)(C=CC(C)=CCc2c(O)cc(C)c(C=O)c2O)C1C. The minimum Gasteiger partial charge on any atom is -0.508 e. The fraction of sp³-hybridized carbons (Fsp3) is 0.480. The Bertz CT molecular complexity index is 942. The molecule has 0 saturated heterocycles. The van der Waals surface area contributed by atoms with Crippen LogP contribution in [0.15, 0.2) is 29.9 Å². The number of carbonyl (C=O) groups is 3. The van der Waals surface area contributed by atoms with Gasteiger partial charge in [0.2, 0.25) is 0 Å². The Kier molecular flexibility index (Phi) is 7.47. The van der Waals surface area contributed by atoms with Crippen molar-refractivity contribution in [2.75, 3.05) is 0 Å². The van der Waals surface area contributed by atoms with Crippen molar-refractivity contribution in [1.82, 2.24) is 0 Å². The van der Waals surface area contributed by atoms with Crippen molar-refractivity contribution >= 4 is 18.0 Å². The quantitative estimate of drug-likeness (QED) is 0.394. The zero-order chi connectivity index (χ0) is 23.5. The Balaban J connectivity index is 2.27. The van der Waals surface area contributed by atoms with Crippen LogP contribution in [0.25, 0.3) is 0 Å². The van der Waals surface area contributed by atoms with Crippen LogP contribution in [0.2, 0.25) is 0 Å². The summed E-state index contributed by atoms with van der Waals surface area (Å²) in [5.74, 6) is -0.878. The number of phenols is 2. The maximum absolute atomic E-state index is 12.5. The average molecular weight is 429 g/mol. The van der Waals surface area contributed by atoms with Gasteiger partial charge in [-0.3, -0.25) is 14.4 Å². The number of aldehydes is 1. The molecule has 6 nitrogen and oxygen atoms in total. The van der Waals surface area contributed by atoms with E-state index in [9.17, 15) is 24.6 Å². The van der Waals surface area contributed by atoms with Crippen molar-refractivity contribution in [2.24, 2.45) is 17.3 Å². The summed E-state index contributed by atoms with van der Waals surface area (Å²) in [6.07, 6.45) is 6.31. The number of rotatable bonds is 6. The number of Topliss-reactive ketones (excluding diaryl/α,β-unsaturated/α-hetero) is 1. The molecule has 1 aromatic carbocycles. The second kappa shape index (κ2) is 9.50. The zero-order valence-corrected chi connectivity index (χ0v) is 19.1. The van der Waals surface area contributed by atoms with E-state index in [0.29, 0.717) is 11.8 Å². The fourth-order valence-electron chi connectivity index (χ4n) is 4.18. The molecule has 31 heavy (non-hydrogen) atoms. The largest absolute Gasteiger partial charge is 0.508 e. The van der Waals surface area contributed by atoms with E-state index in [1.54, 1.807) is 6.92 Å². The predicted octanol–water partition coefficient (Wildman–Crippen LogP) is 4.45. The molecule has 1 fully saturated rings. The highest BCUT2D eigenvalue weighted by Gasteiger charge is 2.48. The highest BCUT2D eigenvalue weighted by molar-refractivity contribution is 5.84. The first-order valence-electron chi connectivity index (χ1n) is 10.5. The van der Waals surface area contributed by atoms with E-state index in [-0.39, 0.29) is 53.1 Å². The van der Waals surface area contributed by atoms with E-state index in [0.717, 1.165) is 5.57 Å². The molecular formula is C25H32O6. The van der Waals surface area contributed by atoms with E-state index in [2.05, 4.69) is 0 Å². The first-order chi connectivity index (χ1) is 14.4. The molecule has 0 spiro atoms. The van der Waals surface area contributed by atoms with E-state index < -0.39 is 17.5 Å². The Morgan fingerprint density at radius 2 is 1.94 bits per heavy atom. The first-order valence-corrected chi connectivity index (χ1v) is 10.5. The summed E-state index contributed by atoms with van der Waals surface area (Å²) in [6.45, 7) is 10.8. The number of phenolic OH excluding ortho intramolecular Hbond substituents is 2. The normalized spacial score (nSPS) is 26.8. The molecule has 1 aromatic rings. The number of allylic oxidation sites excluding steroid dienone is 4. The molecule has 4 unspecified atom stereocenters. The number of ether oxygens (including phenoxy) is 1. The molecule has 4 atom stereocenters. The summed E-state index contributed by atoms with van der Waals surface area (Å²) in [6, 6.07) is 1.46. The monoisotopic (exact) mass is 428 g/mol. The second-order valence-corrected chi connectivity index (χ2v) is 8.75. The van der Waals surface area contributed by atoms with Gasteiger partial charge in [-0.2, -0.15) is 0 Å². The second-order valence-electron chi connectivity index (χ2n) is 8.75. The van der Waals surface area contributed by atoms with Gasteiger partial charge in [0.15, 0.2) is 6.29 Å². The molecule has 1 saturated carbocycles. The third-order valence-corrected chi connectivity index (χ3v) is 6.75. The molecule has 1 aliphatic rings. The maximum Gasteiger partial charge on any atom is 0.302 e. The number of ketones is 1. The van der Waals surface area contributed by atoms with Gasteiger partial charge in [-0.05, 0) is 31.9 Å².